The summed E-state index contributed by atoms with van der Waals surface area (Å²) in [6.07, 6.45) is 0.0872. The number of fused-ring (bicyclic) bond motifs is 1. The van der Waals surface area contributed by atoms with Gasteiger partial charge in [-0.2, -0.15) is 0 Å². The van der Waals surface area contributed by atoms with Crippen molar-refractivity contribution >= 4 is 44.0 Å². The number of nitrogens with two attached hydrogens (primary N) is 1. The summed E-state index contributed by atoms with van der Waals surface area (Å²) in [5.41, 5.74) is 1.09. The number of rotatable bonds is 4. The lowest BCUT2D eigenvalue weighted by atomic mass is 10.1. The molecular weight excluding hydrogens is 390 g/mol. The Kier molecular flexibility index (Phi) is 4.81. The van der Waals surface area contributed by atoms with Crippen LogP contribution >= 0.6 is 0 Å². The first-order chi connectivity index (χ1) is 13.8. The van der Waals surface area contributed by atoms with Crippen LogP contribution in [0, 0.1) is 5.92 Å². The highest BCUT2D eigenvalue weighted by Gasteiger charge is 2.35. The minimum atomic E-state index is -3.87. The Labute approximate surface area is 168 Å². The molecular formula is C21H19N3O4S. The van der Waals surface area contributed by atoms with Crippen LogP contribution in [0.2, 0.25) is 0 Å². The molecule has 0 spiro atoms. The van der Waals surface area contributed by atoms with E-state index in [9.17, 15) is 18.0 Å². The molecule has 8 heteroatoms. The summed E-state index contributed by atoms with van der Waals surface area (Å²) in [6.45, 7) is 0.257. The highest BCUT2D eigenvalue weighted by Crippen LogP contribution is 2.32. The maximum absolute atomic E-state index is 12.7. The standard InChI is InChI=1S/C21H19N3O4S/c22-29(27,28)17-8-4-7-16(12-17)23-21(26)15-11-20(25)24(13-15)19-10-3-6-14-5-1-2-9-18(14)19/h1-10,12,15H,11,13H2,(H,23,26)(H2,22,27,28)/t15-/m1/s1. The van der Waals surface area contributed by atoms with Crippen LogP contribution in [0.4, 0.5) is 11.4 Å². The minimum Gasteiger partial charge on any atom is -0.326 e. The van der Waals surface area contributed by atoms with Gasteiger partial charge in [-0.3, -0.25) is 9.59 Å². The van der Waals surface area contributed by atoms with E-state index < -0.39 is 15.9 Å². The quantitative estimate of drug-likeness (QED) is 0.690. The van der Waals surface area contributed by atoms with Gasteiger partial charge < -0.3 is 10.2 Å². The van der Waals surface area contributed by atoms with Gasteiger partial charge in [-0.15, -0.1) is 0 Å². The molecule has 3 aromatic rings. The SMILES string of the molecule is NS(=O)(=O)c1cccc(NC(=O)[C@@H]2CC(=O)N(c3cccc4ccccc34)C2)c1. The summed E-state index contributed by atoms with van der Waals surface area (Å²) < 4.78 is 23.0. The number of hydrogen-bond donors (Lipinski definition) is 2. The van der Waals surface area contributed by atoms with Gasteiger partial charge in [0.05, 0.1) is 16.5 Å². The predicted octanol–water partition coefficient (Wildman–Crippen LogP) is 2.48. The molecule has 29 heavy (non-hydrogen) atoms. The summed E-state index contributed by atoms with van der Waals surface area (Å²) in [6, 6.07) is 19.2. The molecule has 0 aromatic heterocycles. The molecule has 0 unspecified atom stereocenters. The number of carbonyl (C=O) groups is 2. The second kappa shape index (κ2) is 7.31. The molecule has 1 aliphatic heterocycles. The fourth-order valence-corrected chi connectivity index (χ4v) is 4.11. The van der Waals surface area contributed by atoms with E-state index in [4.69, 9.17) is 5.14 Å². The van der Waals surface area contributed by atoms with Crippen molar-refractivity contribution in [2.45, 2.75) is 11.3 Å². The molecule has 0 bridgehead atoms. The number of benzene rings is 3. The van der Waals surface area contributed by atoms with Crippen molar-refractivity contribution in [1.82, 2.24) is 0 Å². The normalized spacial score (nSPS) is 16.9. The Balaban J connectivity index is 1.54. The molecule has 0 radical (unpaired) electrons. The molecule has 7 nitrogen and oxygen atoms in total. The number of hydrogen-bond acceptors (Lipinski definition) is 4. The molecule has 3 aromatic carbocycles. The maximum atomic E-state index is 12.7. The first-order valence-corrected chi connectivity index (χ1v) is 10.6. The second-order valence-corrected chi connectivity index (χ2v) is 8.53. The molecule has 1 atom stereocenters. The van der Waals surface area contributed by atoms with Crippen LogP contribution in [-0.2, 0) is 19.6 Å². The number of nitrogens with one attached hydrogen (secondary N) is 1. The van der Waals surface area contributed by atoms with Gasteiger partial charge in [0.25, 0.3) is 0 Å². The highest BCUT2D eigenvalue weighted by molar-refractivity contribution is 7.89. The molecule has 148 valence electrons. The van der Waals surface area contributed by atoms with Crippen molar-refractivity contribution in [2.75, 3.05) is 16.8 Å². The van der Waals surface area contributed by atoms with Crippen molar-refractivity contribution < 1.29 is 18.0 Å². The van der Waals surface area contributed by atoms with Crippen molar-refractivity contribution in [3.05, 3.63) is 66.7 Å². The molecule has 1 heterocycles. The molecule has 4 rings (SSSR count). The minimum absolute atomic E-state index is 0.0872. The molecule has 2 amide bonds. The van der Waals surface area contributed by atoms with Crippen LogP contribution in [0.5, 0.6) is 0 Å². The van der Waals surface area contributed by atoms with Crippen molar-refractivity contribution in [3.63, 3.8) is 0 Å². The molecule has 0 saturated carbocycles. The number of primary sulfonamides is 1. The highest BCUT2D eigenvalue weighted by atomic mass is 32.2. The molecule has 1 aliphatic rings. The molecule has 3 N–H and O–H groups in total. The van der Waals surface area contributed by atoms with Crippen molar-refractivity contribution in [1.29, 1.82) is 0 Å². The topological polar surface area (TPSA) is 110 Å². The Morgan fingerprint density at radius 3 is 2.55 bits per heavy atom. The van der Waals surface area contributed by atoms with Gasteiger partial charge in [0.1, 0.15) is 0 Å². The van der Waals surface area contributed by atoms with Crippen LogP contribution in [-0.4, -0.2) is 26.8 Å². The Morgan fingerprint density at radius 2 is 1.76 bits per heavy atom. The summed E-state index contributed by atoms with van der Waals surface area (Å²) in [5, 5.41) is 9.79. The van der Waals surface area contributed by atoms with E-state index in [2.05, 4.69) is 5.32 Å². The third-order valence-electron chi connectivity index (χ3n) is 4.98. The Morgan fingerprint density at radius 1 is 1.03 bits per heavy atom. The largest absolute Gasteiger partial charge is 0.326 e. The number of nitrogens with zero attached hydrogens (tertiary/aromatic N) is 1. The van der Waals surface area contributed by atoms with E-state index >= 15 is 0 Å². The van der Waals surface area contributed by atoms with E-state index in [0.717, 1.165) is 16.5 Å². The fraction of sp³-hybridized carbons (Fsp3) is 0.143. The van der Waals surface area contributed by atoms with Crippen LogP contribution < -0.4 is 15.4 Å². The first kappa shape index (κ1) is 19.1. The zero-order chi connectivity index (χ0) is 20.6. The third kappa shape index (κ3) is 3.85. The van der Waals surface area contributed by atoms with Crippen LogP contribution in [0.1, 0.15) is 6.42 Å². The van der Waals surface area contributed by atoms with Crippen LogP contribution in [0.15, 0.2) is 71.6 Å². The van der Waals surface area contributed by atoms with Gasteiger partial charge >= 0.3 is 0 Å². The summed E-state index contributed by atoms with van der Waals surface area (Å²) in [7, 11) is -3.87. The van der Waals surface area contributed by atoms with Crippen LogP contribution in [0.25, 0.3) is 10.8 Å². The van der Waals surface area contributed by atoms with Crippen molar-refractivity contribution in [2.24, 2.45) is 11.1 Å². The summed E-state index contributed by atoms with van der Waals surface area (Å²) in [4.78, 5) is 26.9. The molecule has 0 aliphatic carbocycles. The van der Waals surface area contributed by atoms with E-state index in [1.165, 1.54) is 18.2 Å². The third-order valence-corrected chi connectivity index (χ3v) is 5.89. The number of carbonyl (C=O) groups excluding carboxylic acids is 2. The number of amides is 2. The Hall–Kier alpha value is -3.23. The maximum Gasteiger partial charge on any atom is 0.238 e. The zero-order valence-electron chi connectivity index (χ0n) is 15.4. The van der Waals surface area contributed by atoms with Gasteiger partial charge in [-0.1, -0.05) is 42.5 Å². The van der Waals surface area contributed by atoms with Gasteiger partial charge in [-0.25, -0.2) is 13.6 Å². The fourth-order valence-electron chi connectivity index (χ4n) is 3.55. The predicted molar refractivity (Wildman–Crippen MR) is 111 cm³/mol. The van der Waals surface area contributed by atoms with E-state index in [1.807, 2.05) is 42.5 Å². The zero-order valence-corrected chi connectivity index (χ0v) is 16.2. The van der Waals surface area contributed by atoms with E-state index in [1.54, 1.807) is 11.0 Å². The van der Waals surface area contributed by atoms with Gasteiger partial charge in [-0.05, 0) is 29.7 Å². The van der Waals surface area contributed by atoms with E-state index in [0.29, 0.717) is 5.69 Å². The molecule has 1 fully saturated rings. The number of anilines is 2. The Bertz CT molecular complexity index is 1220. The monoisotopic (exact) mass is 409 g/mol. The van der Waals surface area contributed by atoms with Crippen molar-refractivity contribution in [3.8, 4) is 0 Å². The number of sulfonamides is 1. The summed E-state index contributed by atoms with van der Waals surface area (Å²) >= 11 is 0. The lowest BCUT2D eigenvalue weighted by Gasteiger charge is -2.19. The van der Waals surface area contributed by atoms with E-state index in [-0.39, 0.29) is 29.7 Å². The van der Waals surface area contributed by atoms with Gasteiger partial charge in [0, 0.05) is 24.0 Å². The first-order valence-electron chi connectivity index (χ1n) is 9.05. The summed E-state index contributed by atoms with van der Waals surface area (Å²) in [5.74, 6) is -1.01. The molecule has 1 saturated heterocycles. The average Bonchev–Trinajstić information content (AvgIpc) is 3.09. The van der Waals surface area contributed by atoms with Gasteiger partial charge in [0.15, 0.2) is 0 Å². The second-order valence-electron chi connectivity index (χ2n) is 6.97. The van der Waals surface area contributed by atoms with Gasteiger partial charge in [0.2, 0.25) is 21.8 Å². The van der Waals surface area contributed by atoms with Crippen LogP contribution in [0.3, 0.4) is 0 Å². The lowest BCUT2D eigenvalue weighted by Crippen LogP contribution is -2.28. The average molecular weight is 409 g/mol. The smallest absolute Gasteiger partial charge is 0.238 e. The lowest BCUT2D eigenvalue weighted by molar-refractivity contribution is -0.122.